The molecule has 0 aromatic rings. The summed E-state index contributed by atoms with van der Waals surface area (Å²) in [4.78, 5) is 0. The molecule has 0 aromatic heterocycles. The molecule has 0 atom stereocenters. The summed E-state index contributed by atoms with van der Waals surface area (Å²) in [6, 6.07) is 0. The van der Waals surface area contributed by atoms with Crippen LogP contribution < -0.4 is 10.6 Å². The SMILES string of the molecule is CCC1CCC(CNC(=S)NCCOC)CC1. The third-order valence-electron chi connectivity index (χ3n) is 3.69. The van der Waals surface area contributed by atoms with E-state index in [1.165, 1.54) is 32.1 Å². The topological polar surface area (TPSA) is 33.3 Å². The van der Waals surface area contributed by atoms with Gasteiger partial charge in [-0.2, -0.15) is 0 Å². The van der Waals surface area contributed by atoms with Crippen molar-refractivity contribution in [1.82, 2.24) is 10.6 Å². The van der Waals surface area contributed by atoms with Crippen molar-refractivity contribution in [3.05, 3.63) is 0 Å². The molecule has 17 heavy (non-hydrogen) atoms. The van der Waals surface area contributed by atoms with Gasteiger partial charge in [-0.05, 0) is 36.9 Å². The van der Waals surface area contributed by atoms with Crippen LogP contribution >= 0.6 is 12.2 Å². The minimum atomic E-state index is 0.698. The zero-order valence-electron chi connectivity index (χ0n) is 11.1. The summed E-state index contributed by atoms with van der Waals surface area (Å²) in [6.07, 6.45) is 6.84. The number of methoxy groups -OCH3 is 1. The average Bonchev–Trinajstić information content (AvgIpc) is 2.37. The summed E-state index contributed by atoms with van der Waals surface area (Å²) in [6.45, 7) is 4.81. The quantitative estimate of drug-likeness (QED) is 0.566. The van der Waals surface area contributed by atoms with E-state index < -0.39 is 0 Å². The number of ether oxygens (including phenoxy) is 1. The van der Waals surface area contributed by atoms with Gasteiger partial charge in [-0.15, -0.1) is 0 Å². The molecule has 1 fully saturated rings. The summed E-state index contributed by atoms with van der Waals surface area (Å²) < 4.78 is 4.96. The fraction of sp³-hybridized carbons (Fsp3) is 0.923. The predicted molar refractivity (Wildman–Crippen MR) is 76.2 cm³/mol. The Morgan fingerprint density at radius 3 is 2.41 bits per heavy atom. The first-order valence-electron chi connectivity index (χ1n) is 6.76. The van der Waals surface area contributed by atoms with Crippen LogP contribution in [0.15, 0.2) is 0 Å². The highest BCUT2D eigenvalue weighted by atomic mass is 32.1. The lowest BCUT2D eigenvalue weighted by Gasteiger charge is -2.28. The van der Waals surface area contributed by atoms with Gasteiger partial charge in [-0.25, -0.2) is 0 Å². The Kier molecular flexibility index (Phi) is 7.53. The van der Waals surface area contributed by atoms with E-state index in [0.717, 1.165) is 30.0 Å². The van der Waals surface area contributed by atoms with Gasteiger partial charge in [0.05, 0.1) is 6.61 Å². The molecular formula is C13H26N2OS. The van der Waals surface area contributed by atoms with Gasteiger partial charge < -0.3 is 15.4 Å². The molecule has 0 amide bonds. The zero-order valence-corrected chi connectivity index (χ0v) is 11.9. The highest BCUT2D eigenvalue weighted by Crippen LogP contribution is 2.29. The van der Waals surface area contributed by atoms with Crippen LogP contribution in [0.2, 0.25) is 0 Å². The first-order chi connectivity index (χ1) is 8.26. The van der Waals surface area contributed by atoms with E-state index in [1.807, 2.05) is 0 Å². The van der Waals surface area contributed by atoms with Gasteiger partial charge in [0, 0.05) is 20.2 Å². The van der Waals surface area contributed by atoms with Gasteiger partial charge in [0.1, 0.15) is 0 Å². The van der Waals surface area contributed by atoms with E-state index in [-0.39, 0.29) is 0 Å². The highest BCUT2D eigenvalue weighted by molar-refractivity contribution is 7.80. The molecule has 0 aromatic carbocycles. The van der Waals surface area contributed by atoms with E-state index in [0.29, 0.717) is 6.61 Å². The maximum Gasteiger partial charge on any atom is 0.166 e. The highest BCUT2D eigenvalue weighted by Gasteiger charge is 2.19. The molecule has 2 N–H and O–H groups in total. The van der Waals surface area contributed by atoms with Gasteiger partial charge in [0.2, 0.25) is 0 Å². The molecule has 0 radical (unpaired) electrons. The molecule has 0 unspecified atom stereocenters. The minimum Gasteiger partial charge on any atom is -0.383 e. The van der Waals surface area contributed by atoms with E-state index in [4.69, 9.17) is 17.0 Å². The van der Waals surface area contributed by atoms with Gasteiger partial charge in [-0.1, -0.05) is 26.2 Å². The molecule has 1 aliphatic rings. The molecule has 0 spiro atoms. The Hall–Kier alpha value is -0.350. The van der Waals surface area contributed by atoms with Gasteiger partial charge >= 0.3 is 0 Å². The Bertz CT molecular complexity index is 215. The van der Waals surface area contributed by atoms with Crippen LogP contribution in [-0.2, 0) is 4.74 Å². The van der Waals surface area contributed by atoms with Crippen molar-refractivity contribution in [3.63, 3.8) is 0 Å². The van der Waals surface area contributed by atoms with Gasteiger partial charge in [-0.3, -0.25) is 0 Å². The molecule has 0 bridgehead atoms. The van der Waals surface area contributed by atoms with Crippen LogP contribution in [0.5, 0.6) is 0 Å². The molecule has 1 aliphatic carbocycles. The lowest BCUT2D eigenvalue weighted by Crippen LogP contribution is -2.40. The number of rotatable bonds is 6. The van der Waals surface area contributed by atoms with E-state index in [2.05, 4.69) is 17.6 Å². The van der Waals surface area contributed by atoms with Crippen LogP contribution in [0, 0.1) is 11.8 Å². The summed E-state index contributed by atoms with van der Waals surface area (Å²) in [7, 11) is 1.70. The summed E-state index contributed by atoms with van der Waals surface area (Å²) in [5.41, 5.74) is 0. The van der Waals surface area contributed by atoms with Crippen LogP contribution in [-0.4, -0.2) is 31.9 Å². The fourth-order valence-corrected chi connectivity index (χ4v) is 2.60. The first-order valence-corrected chi connectivity index (χ1v) is 7.17. The number of hydrogen-bond acceptors (Lipinski definition) is 2. The molecule has 0 heterocycles. The molecule has 0 aliphatic heterocycles. The monoisotopic (exact) mass is 258 g/mol. The minimum absolute atomic E-state index is 0.698. The van der Waals surface area contributed by atoms with Crippen LogP contribution in [0.4, 0.5) is 0 Å². The van der Waals surface area contributed by atoms with Crippen LogP contribution in [0.3, 0.4) is 0 Å². The van der Waals surface area contributed by atoms with E-state index >= 15 is 0 Å². The van der Waals surface area contributed by atoms with Crippen LogP contribution in [0.25, 0.3) is 0 Å². The lowest BCUT2D eigenvalue weighted by molar-refractivity contribution is 0.203. The Labute approximate surface area is 111 Å². The molecular weight excluding hydrogens is 232 g/mol. The molecule has 4 heteroatoms. The number of thiocarbonyl (C=S) groups is 1. The van der Waals surface area contributed by atoms with E-state index in [9.17, 15) is 0 Å². The second kappa shape index (κ2) is 8.70. The Morgan fingerprint density at radius 2 is 1.82 bits per heavy atom. The summed E-state index contributed by atoms with van der Waals surface area (Å²) in [5, 5.41) is 7.21. The van der Waals surface area contributed by atoms with Crippen molar-refractivity contribution < 1.29 is 4.74 Å². The number of hydrogen-bond donors (Lipinski definition) is 2. The lowest BCUT2D eigenvalue weighted by atomic mass is 9.81. The van der Waals surface area contributed by atoms with E-state index in [1.54, 1.807) is 7.11 Å². The van der Waals surface area contributed by atoms with Crippen molar-refractivity contribution in [2.45, 2.75) is 39.0 Å². The summed E-state index contributed by atoms with van der Waals surface area (Å²) in [5.74, 6) is 1.78. The average molecular weight is 258 g/mol. The smallest absolute Gasteiger partial charge is 0.166 e. The largest absolute Gasteiger partial charge is 0.383 e. The number of nitrogens with one attached hydrogen (secondary N) is 2. The second-order valence-electron chi connectivity index (χ2n) is 4.92. The van der Waals surface area contributed by atoms with Crippen molar-refractivity contribution in [3.8, 4) is 0 Å². The first kappa shape index (κ1) is 14.7. The van der Waals surface area contributed by atoms with Crippen LogP contribution in [0.1, 0.15) is 39.0 Å². The predicted octanol–water partition coefficient (Wildman–Crippen LogP) is 2.31. The maximum absolute atomic E-state index is 5.20. The van der Waals surface area contributed by atoms with Crippen molar-refractivity contribution in [2.75, 3.05) is 26.8 Å². The standard InChI is InChI=1S/C13H26N2OS/c1-3-11-4-6-12(7-5-11)10-15-13(17)14-8-9-16-2/h11-12H,3-10H2,1-2H3,(H2,14,15,17). The third kappa shape index (κ3) is 6.22. The molecule has 100 valence electrons. The van der Waals surface area contributed by atoms with Gasteiger partial charge in [0.25, 0.3) is 0 Å². The van der Waals surface area contributed by atoms with Crippen molar-refractivity contribution in [1.29, 1.82) is 0 Å². The second-order valence-corrected chi connectivity index (χ2v) is 5.33. The normalized spacial score (nSPS) is 24.4. The Balaban J connectivity index is 2.04. The maximum atomic E-state index is 5.20. The summed E-state index contributed by atoms with van der Waals surface area (Å²) >= 11 is 5.20. The molecule has 1 rings (SSSR count). The molecule has 0 saturated heterocycles. The fourth-order valence-electron chi connectivity index (χ4n) is 2.41. The molecule has 3 nitrogen and oxygen atoms in total. The molecule has 1 saturated carbocycles. The van der Waals surface area contributed by atoms with Crippen molar-refractivity contribution >= 4 is 17.3 Å². The Morgan fingerprint density at radius 1 is 1.18 bits per heavy atom. The van der Waals surface area contributed by atoms with Gasteiger partial charge in [0.15, 0.2) is 5.11 Å². The zero-order chi connectivity index (χ0) is 12.5. The third-order valence-corrected chi connectivity index (χ3v) is 3.98. The van der Waals surface area contributed by atoms with Crippen molar-refractivity contribution in [2.24, 2.45) is 11.8 Å².